The molecule has 2 aliphatic heterocycles. The number of hydrogen-bond acceptors (Lipinski definition) is 4. The van der Waals surface area contributed by atoms with Gasteiger partial charge in [0.25, 0.3) is 5.91 Å². The first-order chi connectivity index (χ1) is 8.56. The number of carbonyl (C=O) groups excluding carboxylic acids is 1. The van der Waals surface area contributed by atoms with E-state index in [2.05, 4.69) is 10.0 Å². The van der Waals surface area contributed by atoms with E-state index in [-0.39, 0.29) is 23.9 Å². The van der Waals surface area contributed by atoms with Crippen molar-refractivity contribution in [1.29, 1.82) is 0 Å². The SMILES string of the molecule is COC1=NC(C(C)C)C(=O)N(N2CCCC2)C1C. The third-order valence-electron chi connectivity index (χ3n) is 3.70. The molecule has 5 heteroatoms. The Morgan fingerprint density at radius 3 is 2.44 bits per heavy atom. The second-order valence-corrected chi connectivity index (χ2v) is 5.38. The lowest BCUT2D eigenvalue weighted by atomic mass is 10.0. The minimum Gasteiger partial charge on any atom is -0.483 e. The molecule has 0 bridgehead atoms. The van der Waals surface area contributed by atoms with E-state index in [1.807, 2.05) is 25.8 Å². The minimum absolute atomic E-state index is 0.0874. The van der Waals surface area contributed by atoms with Crippen LogP contribution < -0.4 is 0 Å². The van der Waals surface area contributed by atoms with E-state index in [1.54, 1.807) is 7.11 Å². The number of nitrogens with zero attached hydrogens (tertiary/aromatic N) is 3. The predicted molar refractivity (Wildman–Crippen MR) is 70.2 cm³/mol. The number of hydrazine groups is 1. The molecular weight excluding hydrogens is 230 g/mol. The highest BCUT2D eigenvalue weighted by atomic mass is 16.5. The van der Waals surface area contributed by atoms with E-state index >= 15 is 0 Å². The molecule has 0 spiro atoms. The summed E-state index contributed by atoms with van der Waals surface area (Å²) in [6.07, 6.45) is 2.31. The number of methoxy groups -OCH3 is 1. The normalized spacial score (nSPS) is 29.9. The molecule has 1 fully saturated rings. The smallest absolute Gasteiger partial charge is 0.262 e. The Labute approximate surface area is 109 Å². The summed E-state index contributed by atoms with van der Waals surface area (Å²) in [6.45, 7) is 7.94. The minimum atomic E-state index is -0.309. The summed E-state index contributed by atoms with van der Waals surface area (Å²) in [4.78, 5) is 17.0. The molecule has 0 aromatic rings. The molecule has 18 heavy (non-hydrogen) atoms. The van der Waals surface area contributed by atoms with Crippen LogP contribution in [0.4, 0.5) is 0 Å². The molecule has 2 rings (SSSR count). The summed E-state index contributed by atoms with van der Waals surface area (Å²) in [5, 5.41) is 4.01. The van der Waals surface area contributed by atoms with Crippen LogP contribution >= 0.6 is 0 Å². The molecule has 0 aliphatic carbocycles. The van der Waals surface area contributed by atoms with Crippen LogP contribution in [0.5, 0.6) is 0 Å². The van der Waals surface area contributed by atoms with Gasteiger partial charge >= 0.3 is 0 Å². The summed E-state index contributed by atoms with van der Waals surface area (Å²) in [6, 6.07) is -0.396. The van der Waals surface area contributed by atoms with Crippen molar-refractivity contribution in [3.8, 4) is 0 Å². The third-order valence-corrected chi connectivity index (χ3v) is 3.70. The summed E-state index contributed by atoms with van der Waals surface area (Å²) in [5.41, 5.74) is 0. The van der Waals surface area contributed by atoms with Crippen LogP contribution in [0, 0.1) is 5.92 Å². The van der Waals surface area contributed by atoms with Gasteiger partial charge in [-0.15, -0.1) is 0 Å². The van der Waals surface area contributed by atoms with Gasteiger partial charge in [-0.1, -0.05) is 13.8 Å². The first kappa shape index (κ1) is 13.3. The Bertz CT molecular complexity index is 348. The van der Waals surface area contributed by atoms with Crippen LogP contribution in [0.2, 0.25) is 0 Å². The zero-order chi connectivity index (χ0) is 13.3. The van der Waals surface area contributed by atoms with Crippen molar-refractivity contribution in [2.75, 3.05) is 20.2 Å². The number of hydrogen-bond donors (Lipinski definition) is 0. The summed E-state index contributed by atoms with van der Waals surface area (Å²) < 4.78 is 5.35. The van der Waals surface area contributed by atoms with Crippen molar-refractivity contribution >= 4 is 11.8 Å². The molecule has 0 radical (unpaired) electrons. The Morgan fingerprint density at radius 2 is 1.94 bits per heavy atom. The fraction of sp³-hybridized carbons (Fsp3) is 0.846. The Hall–Kier alpha value is -1.10. The largest absolute Gasteiger partial charge is 0.483 e. The van der Waals surface area contributed by atoms with Crippen molar-refractivity contribution in [2.45, 2.75) is 45.7 Å². The summed E-state index contributed by atoms with van der Waals surface area (Å²) in [5.74, 6) is 0.973. The highest BCUT2D eigenvalue weighted by molar-refractivity contribution is 5.95. The van der Waals surface area contributed by atoms with E-state index in [4.69, 9.17) is 4.74 Å². The maximum atomic E-state index is 12.5. The third kappa shape index (κ3) is 2.23. The Kier molecular flexibility index (Phi) is 3.90. The van der Waals surface area contributed by atoms with Crippen molar-refractivity contribution < 1.29 is 9.53 Å². The highest BCUT2D eigenvalue weighted by Gasteiger charge is 2.41. The zero-order valence-electron chi connectivity index (χ0n) is 11.7. The molecule has 0 N–H and O–H groups in total. The Balaban J connectivity index is 2.28. The maximum absolute atomic E-state index is 12.5. The van der Waals surface area contributed by atoms with Gasteiger partial charge in [-0.2, -0.15) is 0 Å². The average molecular weight is 253 g/mol. The second-order valence-electron chi connectivity index (χ2n) is 5.38. The molecule has 102 valence electrons. The fourth-order valence-corrected chi connectivity index (χ4v) is 2.69. The van der Waals surface area contributed by atoms with Crippen molar-refractivity contribution in [3.05, 3.63) is 0 Å². The quantitative estimate of drug-likeness (QED) is 0.745. The maximum Gasteiger partial charge on any atom is 0.262 e. The second kappa shape index (κ2) is 5.26. The lowest BCUT2D eigenvalue weighted by Gasteiger charge is -2.41. The van der Waals surface area contributed by atoms with Gasteiger partial charge in [0.05, 0.1) is 7.11 Å². The zero-order valence-corrected chi connectivity index (χ0v) is 11.7. The topological polar surface area (TPSA) is 45.1 Å². The number of carbonyl (C=O) groups is 1. The van der Waals surface area contributed by atoms with Gasteiger partial charge in [-0.05, 0) is 25.7 Å². The standard InChI is InChI=1S/C13H23N3O2/c1-9(2)11-13(17)16(15-7-5-6-8-15)10(3)12(14-11)18-4/h9-11H,5-8H2,1-4H3. The summed E-state index contributed by atoms with van der Waals surface area (Å²) >= 11 is 0. The number of aliphatic imine (C=N–C) groups is 1. The van der Waals surface area contributed by atoms with Crippen LogP contribution in [0.15, 0.2) is 4.99 Å². The number of rotatable bonds is 2. The van der Waals surface area contributed by atoms with E-state index < -0.39 is 0 Å². The van der Waals surface area contributed by atoms with Crippen LogP contribution in [0.25, 0.3) is 0 Å². The van der Waals surface area contributed by atoms with Crippen LogP contribution in [-0.4, -0.2) is 54.1 Å². The lowest BCUT2D eigenvalue weighted by Crippen LogP contribution is -2.59. The molecular formula is C13H23N3O2. The van der Waals surface area contributed by atoms with Gasteiger partial charge in [0, 0.05) is 13.1 Å². The van der Waals surface area contributed by atoms with Crippen LogP contribution in [0.1, 0.15) is 33.6 Å². The first-order valence-electron chi connectivity index (χ1n) is 6.76. The van der Waals surface area contributed by atoms with Gasteiger partial charge in [0.15, 0.2) is 0 Å². The first-order valence-corrected chi connectivity index (χ1v) is 6.76. The van der Waals surface area contributed by atoms with E-state index in [9.17, 15) is 4.79 Å². The summed E-state index contributed by atoms with van der Waals surface area (Å²) in [7, 11) is 1.63. The average Bonchev–Trinajstić information content (AvgIpc) is 2.82. The molecule has 5 nitrogen and oxygen atoms in total. The van der Waals surface area contributed by atoms with Crippen LogP contribution in [0.3, 0.4) is 0 Å². The lowest BCUT2D eigenvalue weighted by molar-refractivity contribution is -0.154. The van der Waals surface area contributed by atoms with E-state index in [1.165, 1.54) is 0 Å². The molecule has 0 saturated carbocycles. The number of ether oxygens (including phenoxy) is 1. The molecule has 0 aromatic heterocycles. The Morgan fingerprint density at radius 1 is 1.33 bits per heavy atom. The molecule has 2 aliphatic rings. The van der Waals surface area contributed by atoms with Crippen molar-refractivity contribution in [2.24, 2.45) is 10.9 Å². The van der Waals surface area contributed by atoms with E-state index in [0.717, 1.165) is 25.9 Å². The van der Waals surface area contributed by atoms with Gasteiger partial charge in [0.2, 0.25) is 5.90 Å². The van der Waals surface area contributed by atoms with Gasteiger partial charge < -0.3 is 4.74 Å². The monoisotopic (exact) mass is 253 g/mol. The molecule has 2 unspecified atom stereocenters. The predicted octanol–water partition coefficient (Wildman–Crippen LogP) is 1.30. The van der Waals surface area contributed by atoms with Crippen molar-refractivity contribution in [1.82, 2.24) is 10.0 Å². The van der Waals surface area contributed by atoms with E-state index in [0.29, 0.717) is 5.90 Å². The molecule has 2 atom stereocenters. The van der Waals surface area contributed by atoms with Crippen molar-refractivity contribution in [3.63, 3.8) is 0 Å². The molecule has 2 heterocycles. The van der Waals surface area contributed by atoms with Crippen LogP contribution in [-0.2, 0) is 9.53 Å². The van der Waals surface area contributed by atoms with Gasteiger partial charge in [0.1, 0.15) is 12.1 Å². The molecule has 1 amide bonds. The molecule has 0 aromatic carbocycles. The highest BCUT2D eigenvalue weighted by Crippen LogP contribution is 2.24. The molecule has 1 saturated heterocycles. The fourth-order valence-electron chi connectivity index (χ4n) is 2.69. The van der Waals surface area contributed by atoms with Gasteiger partial charge in [-0.3, -0.25) is 9.80 Å². The van der Waals surface area contributed by atoms with Gasteiger partial charge in [-0.25, -0.2) is 10.0 Å². The number of amides is 1.